The molecule has 3 unspecified atom stereocenters. The second-order valence-corrected chi connectivity index (χ2v) is 25.6. The zero-order chi connectivity index (χ0) is 54.2. The number of quaternary nitrogens is 1. The Labute approximate surface area is 462 Å². The van der Waals surface area contributed by atoms with Crippen molar-refractivity contribution in [3.05, 3.63) is 12.2 Å². The maximum Gasteiger partial charge on any atom is 0.268 e. The fraction of sp³-hybridized carbons (Fsp3) is 0.954. The Morgan fingerprint density at radius 1 is 0.459 bits per heavy atom. The van der Waals surface area contributed by atoms with E-state index in [9.17, 15) is 19.4 Å². The first-order valence-corrected chi connectivity index (χ1v) is 34.5. The van der Waals surface area contributed by atoms with Crippen molar-refractivity contribution >= 4 is 13.7 Å². The van der Waals surface area contributed by atoms with Gasteiger partial charge in [-0.25, -0.2) is 0 Å². The molecule has 0 aliphatic carbocycles. The van der Waals surface area contributed by atoms with E-state index in [-0.39, 0.29) is 19.1 Å². The zero-order valence-corrected chi connectivity index (χ0v) is 51.5. The average Bonchev–Trinajstić information content (AvgIpc) is 3.36. The van der Waals surface area contributed by atoms with Crippen molar-refractivity contribution in [2.45, 2.75) is 360 Å². The summed E-state index contributed by atoms with van der Waals surface area (Å²) < 4.78 is 23.4. The van der Waals surface area contributed by atoms with Gasteiger partial charge >= 0.3 is 0 Å². The largest absolute Gasteiger partial charge is 0.756 e. The SMILES string of the molecule is CCCCCCCCCC/C=C\CCCCCCCCCCCCCCCCCCCCCCCCCCCC(=O)NC(COP(=O)([O-])OCC[N+](C)(C)C)C(O)CCCCCCCCCCCCCCCCC. The van der Waals surface area contributed by atoms with E-state index in [1.54, 1.807) is 0 Å². The van der Waals surface area contributed by atoms with E-state index in [4.69, 9.17) is 9.05 Å². The number of hydrogen-bond acceptors (Lipinski definition) is 6. The van der Waals surface area contributed by atoms with E-state index in [1.165, 1.54) is 283 Å². The molecule has 442 valence electrons. The summed E-state index contributed by atoms with van der Waals surface area (Å²) in [5.41, 5.74) is 0. The van der Waals surface area contributed by atoms with Gasteiger partial charge in [-0.2, -0.15) is 0 Å². The van der Waals surface area contributed by atoms with Crippen molar-refractivity contribution in [1.29, 1.82) is 0 Å². The average molecular weight is 1070 g/mol. The number of aliphatic hydroxyl groups excluding tert-OH is 1. The molecule has 0 aromatic rings. The molecule has 0 saturated heterocycles. The van der Waals surface area contributed by atoms with Gasteiger partial charge in [-0.1, -0.05) is 315 Å². The van der Waals surface area contributed by atoms with Gasteiger partial charge < -0.3 is 28.8 Å². The minimum absolute atomic E-state index is 0.0159. The maximum absolute atomic E-state index is 13.0. The van der Waals surface area contributed by atoms with E-state index in [0.29, 0.717) is 23.9 Å². The fourth-order valence-corrected chi connectivity index (χ4v) is 11.1. The Balaban J connectivity index is 3.87. The van der Waals surface area contributed by atoms with Gasteiger partial charge in [0.1, 0.15) is 13.2 Å². The maximum atomic E-state index is 13.0. The Kier molecular flexibility index (Phi) is 56.4. The predicted molar refractivity (Wildman–Crippen MR) is 321 cm³/mol. The number of phosphoric acid groups is 1. The van der Waals surface area contributed by atoms with Crippen LogP contribution in [0.5, 0.6) is 0 Å². The molecule has 0 aromatic heterocycles. The Morgan fingerprint density at radius 2 is 0.743 bits per heavy atom. The van der Waals surface area contributed by atoms with Crippen LogP contribution < -0.4 is 10.2 Å². The van der Waals surface area contributed by atoms with Crippen LogP contribution in [0.4, 0.5) is 0 Å². The number of aliphatic hydroxyl groups is 1. The summed E-state index contributed by atoms with van der Waals surface area (Å²) in [4.78, 5) is 25.6. The molecule has 0 fully saturated rings. The second-order valence-electron chi connectivity index (χ2n) is 24.2. The highest BCUT2D eigenvalue weighted by Gasteiger charge is 2.24. The summed E-state index contributed by atoms with van der Waals surface area (Å²) >= 11 is 0. The number of phosphoric ester groups is 1. The molecule has 0 aromatic carbocycles. The lowest BCUT2D eigenvalue weighted by Gasteiger charge is -2.30. The summed E-state index contributed by atoms with van der Waals surface area (Å²) in [6.45, 7) is 4.77. The van der Waals surface area contributed by atoms with Crippen molar-refractivity contribution in [2.24, 2.45) is 0 Å². The highest BCUT2D eigenvalue weighted by molar-refractivity contribution is 7.45. The minimum Gasteiger partial charge on any atom is -0.756 e. The molecule has 0 radical (unpaired) electrons. The minimum atomic E-state index is -4.57. The van der Waals surface area contributed by atoms with Crippen LogP contribution in [0.3, 0.4) is 0 Å². The first-order chi connectivity index (χ1) is 36.0. The molecule has 0 aliphatic rings. The molecule has 0 spiro atoms. The van der Waals surface area contributed by atoms with Crippen molar-refractivity contribution in [1.82, 2.24) is 5.32 Å². The van der Waals surface area contributed by atoms with Gasteiger partial charge in [-0.3, -0.25) is 9.36 Å². The van der Waals surface area contributed by atoms with Crippen molar-refractivity contribution in [3.8, 4) is 0 Å². The van der Waals surface area contributed by atoms with Crippen molar-refractivity contribution in [2.75, 3.05) is 40.9 Å². The molecule has 9 heteroatoms. The van der Waals surface area contributed by atoms with Crippen LogP contribution in [-0.2, 0) is 18.4 Å². The van der Waals surface area contributed by atoms with Crippen LogP contribution in [0.2, 0.25) is 0 Å². The van der Waals surface area contributed by atoms with E-state index in [1.807, 2.05) is 21.1 Å². The summed E-state index contributed by atoms with van der Waals surface area (Å²) in [5.74, 6) is -0.157. The van der Waals surface area contributed by atoms with E-state index >= 15 is 0 Å². The quantitative estimate of drug-likeness (QED) is 0.0272. The third-order valence-electron chi connectivity index (χ3n) is 15.5. The number of nitrogens with zero attached hydrogens (tertiary/aromatic N) is 1. The number of rotatable bonds is 62. The molecule has 0 saturated carbocycles. The number of likely N-dealkylation sites (N-methyl/N-ethyl adjacent to an activating group) is 1. The van der Waals surface area contributed by atoms with Crippen LogP contribution >= 0.6 is 7.82 Å². The smallest absolute Gasteiger partial charge is 0.268 e. The molecule has 0 heterocycles. The normalized spacial score (nSPS) is 13.8. The molecule has 8 nitrogen and oxygen atoms in total. The van der Waals surface area contributed by atoms with Crippen molar-refractivity contribution < 1.29 is 32.9 Å². The Bertz CT molecular complexity index is 1210. The Morgan fingerprint density at radius 3 is 1.05 bits per heavy atom. The monoisotopic (exact) mass is 1070 g/mol. The highest BCUT2D eigenvalue weighted by atomic mass is 31.2. The number of amides is 1. The van der Waals surface area contributed by atoms with Crippen molar-refractivity contribution in [3.63, 3.8) is 0 Å². The molecule has 2 N–H and O–H groups in total. The number of hydrogen-bond donors (Lipinski definition) is 2. The van der Waals surface area contributed by atoms with E-state index in [2.05, 4.69) is 31.3 Å². The summed E-state index contributed by atoms with van der Waals surface area (Å²) in [5, 5.41) is 14.0. The number of allylic oxidation sites excluding steroid dienone is 2. The topological polar surface area (TPSA) is 108 Å². The van der Waals surface area contributed by atoms with Gasteiger partial charge in [-0.05, 0) is 38.5 Å². The molecular weight excluding hydrogens is 936 g/mol. The summed E-state index contributed by atoms with van der Waals surface area (Å²) in [6, 6.07) is -0.796. The number of unbranched alkanes of at least 4 members (excludes halogenated alkanes) is 47. The molecule has 0 rings (SSSR count). The van der Waals surface area contributed by atoms with Crippen LogP contribution in [0.1, 0.15) is 348 Å². The molecule has 0 bridgehead atoms. The van der Waals surface area contributed by atoms with Gasteiger partial charge in [0.15, 0.2) is 0 Å². The van der Waals surface area contributed by atoms with E-state index < -0.39 is 20.0 Å². The standard InChI is InChI=1S/C65H131N2O6P/c1-6-8-10-12-14-16-18-20-22-23-24-25-26-27-28-29-30-31-32-33-34-35-36-37-38-39-40-41-42-43-45-47-49-51-53-55-57-59-65(69)66-63(62-73-74(70,71)72-61-60-67(3,4)5)64(68)58-56-54-52-50-48-46-44-21-19-17-15-13-11-9-7-2/h23-24,63-64,68H,6-22,25-62H2,1-5H3,(H-,66,69,70,71)/b24-23-. The third-order valence-corrected chi connectivity index (χ3v) is 16.5. The molecule has 1 amide bonds. The van der Waals surface area contributed by atoms with Crippen LogP contribution in [0, 0.1) is 0 Å². The van der Waals surface area contributed by atoms with Gasteiger partial charge in [0.2, 0.25) is 5.91 Å². The molecule has 0 aliphatic heterocycles. The number of nitrogens with one attached hydrogen (secondary N) is 1. The van der Waals surface area contributed by atoms with Crippen LogP contribution in [0.25, 0.3) is 0 Å². The third kappa shape index (κ3) is 58.9. The molecule has 3 atom stereocenters. The second kappa shape index (κ2) is 56.9. The predicted octanol–water partition coefficient (Wildman–Crippen LogP) is 19.9. The first kappa shape index (κ1) is 73.2. The van der Waals surface area contributed by atoms with Crippen LogP contribution in [0.15, 0.2) is 12.2 Å². The molecule has 74 heavy (non-hydrogen) atoms. The summed E-state index contributed by atoms with van der Waals surface area (Å²) in [6.07, 6.45) is 71.5. The number of carbonyl (C=O) groups is 1. The van der Waals surface area contributed by atoms with Crippen LogP contribution in [-0.4, -0.2) is 68.5 Å². The lowest BCUT2D eigenvalue weighted by molar-refractivity contribution is -0.870. The lowest BCUT2D eigenvalue weighted by atomic mass is 10.0. The lowest BCUT2D eigenvalue weighted by Crippen LogP contribution is -2.46. The Hall–Kier alpha value is -0.760. The first-order valence-electron chi connectivity index (χ1n) is 33.0. The van der Waals surface area contributed by atoms with Gasteiger partial charge in [-0.15, -0.1) is 0 Å². The fourth-order valence-electron chi connectivity index (χ4n) is 10.3. The zero-order valence-electron chi connectivity index (χ0n) is 50.6. The highest BCUT2D eigenvalue weighted by Crippen LogP contribution is 2.38. The molecular formula is C65H131N2O6P. The van der Waals surface area contributed by atoms with E-state index in [0.717, 1.165) is 38.5 Å². The number of carbonyl (C=O) groups excluding carboxylic acids is 1. The van der Waals surface area contributed by atoms with Gasteiger partial charge in [0, 0.05) is 6.42 Å². The van der Waals surface area contributed by atoms with Gasteiger partial charge in [0.05, 0.1) is 39.9 Å². The van der Waals surface area contributed by atoms with Gasteiger partial charge in [0.25, 0.3) is 7.82 Å². The summed E-state index contributed by atoms with van der Waals surface area (Å²) in [7, 11) is 1.32.